The Morgan fingerprint density at radius 2 is 2.19 bits per heavy atom. The highest BCUT2D eigenvalue weighted by Gasteiger charge is 2.23. The molecule has 0 spiro atoms. The van der Waals surface area contributed by atoms with Crippen LogP contribution in [0.2, 0.25) is 0 Å². The standard InChI is InChI=1S/C15H24N4O2/c1-3-13-11-17(2)7-4-8-18(13)10-12-9-14(19(20)21)5-6-15(12)16/h5-6,9,13H,3-4,7-8,10-11,16H2,1-2H3. The van der Waals surface area contributed by atoms with Gasteiger partial charge in [-0.3, -0.25) is 15.0 Å². The van der Waals surface area contributed by atoms with Crippen LogP contribution in [0.5, 0.6) is 0 Å². The van der Waals surface area contributed by atoms with Crippen molar-refractivity contribution in [1.29, 1.82) is 0 Å². The number of nitrogens with zero attached hydrogens (tertiary/aromatic N) is 3. The maximum absolute atomic E-state index is 10.9. The molecule has 1 aliphatic heterocycles. The molecule has 1 fully saturated rings. The van der Waals surface area contributed by atoms with Gasteiger partial charge in [0.15, 0.2) is 0 Å². The molecule has 0 aliphatic carbocycles. The van der Waals surface area contributed by atoms with Crippen LogP contribution in [0.4, 0.5) is 11.4 Å². The average molecular weight is 292 g/mol. The van der Waals surface area contributed by atoms with Crippen LogP contribution in [0, 0.1) is 10.1 Å². The molecule has 0 aromatic heterocycles. The van der Waals surface area contributed by atoms with Crippen LogP contribution >= 0.6 is 0 Å². The summed E-state index contributed by atoms with van der Waals surface area (Å²) in [7, 11) is 2.15. The van der Waals surface area contributed by atoms with Crippen molar-refractivity contribution in [2.45, 2.75) is 32.4 Å². The number of nitro benzene ring substituents is 1. The number of nitro groups is 1. The molecule has 1 saturated heterocycles. The third kappa shape index (κ3) is 3.92. The fraction of sp³-hybridized carbons (Fsp3) is 0.600. The monoisotopic (exact) mass is 292 g/mol. The number of hydrogen-bond acceptors (Lipinski definition) is 5. The van der Waals surface area contributed by atoms with Crippen LogP contribution in [0.15, 0.2) is 18.2 Å². The smallest absolute Gasteiger partial charge is 0.269 e. The molecule has 2 N–H and O–H groups in total. The van der Waals surface area contributed by atoms with Crippen LogP contribution in [-0.2, 0) is 6.54 Å². The maximum atomic E-state index is 10.9. The lowest BCUT2D eigenvalue weighted by atomic mass is 10.1. The molecule has 116 valence electrons. The van der Waals surface area contributed by atoms with Crippen LogP contribution < -0.4 is 5.73 Å². The lowest BCUT2D eigenvalue weighted by Gasteiger charge is -2.30. The number of non-ortho nitro benzene ring substituents is 1. The van der Waals surface area contributed by atoms with Crippen molar-refractivity contribution >= 4 is 11.4 Å². The van der Waals surface area contributed by atoms with Crippen molar-refractivity contribution in [3.8, 4) is 0 Å². The second-order valence-corrected chi connectivity index (χ2v) is 5.79. The molecule has 1 atom stereocenters. The first-order chi connectivity index (χ1) is 10.0. The van der Waals surface area contributed by atoms with Gasteiger partial charge < -0.3 is 10.6 Å². The summed E-state index contributed by atoms with van der Waals surface area (Å²) >= 11 is 0. The Hall–Kier alpha value is -1.66. The van der Waals surface area contributed by atoms with Gasteiger partial charge in [-0.05, 0) is 38.1 Å². The SMILES string of the molecule is CCC1CN(C)CCCN1Cc1cc([N+](=O)[O-])ccc1N. The highest BCUT2D eigenvalue weighted by molar-refractivity contribution is 5.52. The van der Waals surface area contributed by atoms with Gasteiger partial charge in [-0.2, -0.15) is 0 Å². The predicted octanol–water partition coefficient (Wildman–Crippen LogP) is 2.09. The molecule has 0 radical (unpaired) electrons. The Kier molecular flexibility index (Phi) is 5.14. The first kappa shape index (κ1) is 15.7. The topological polar surface area (TPSA) is 75.6 Å². The molecule has 6 heteroatoms. The van der Waals surface area contributed by atoms with Crippen molar-refractivity contribution in [3.05, 3.63) is 33.9 Å². The van der Waals surface area contributed by atoms with E-state index in [1.165, 1.54) is 6.07 Å². The van der Waals surface area contributed by atoms with E-state index in [1.54, 1.807) is 12.1 Å². The molecule has 0 saturated carbocycles. The Labute approximate surface area is 125 Å². The van der Waals surface area contributed by atoms with E-state index >= 15 is 0 Å². The van der Waals surface area contributed by atoms with Crippen LogP contribution in [0.3, 0.4) is 0 Å². The lowest BCUT2D eigenvalue weighted by molar-refractivity contribution is -0.384. The number of nitrogen functional groups attached to an aromatic ring is 1. The predicted molar refractivity (Wildman–Crippen MR) is 84.1 cm³/mol. The van der Waals surface area contributed by atoms with Gasteiger partial charge in [0, 0.05) is 43.5 Å². The first-order valence-electron chi connectivity index (χ1n) is 7.46. The molecule has 21 heavy (non-hydrogen) atoms. The minimum atomic E-state index is -0.365. The summed E-state index contributed by atoms with van der Waals surface area (Å²) in [6.45, 7) is 6.00. The maximum Gasteiger partial charge on any atom is 0.269 e. The molecule has 0 amide bonds. The average Bonchev–Trinajstić information content (AvgIpc) is 2.62. The second kappa shape index (κ2) is 6.87. The van der Waals surface area contributed by atoms with E-state index in [2.05, 4.69) is 23.8 Å². The molecule has 1 heterocycles. The summed E-state index contributed by atoms with van der Waals surface area (Å²) < 4.78 is 0. The zero-order chi connectivity index (χ0) is 15.4. The second-order valence-electron chi connectivity index (χ2n) is 5.79. The van der Waals surface area contributed by atoms with Gasteiger partial charge in [-0.25, -0.2) is 0 Å². The molecular weight excluding hydrogens is 268 g/mol. The quantitative estimate of drug-likeness (QED) is 0.522. The Morgan fingerprint density at radius 3 is 2.86 bits per heavy atom. The van der Waals surface area contributed by atoms with E-state index in [9.17, 15) is 10.1 Å². The molecular formula is C15H24N4O2. The van der Waals surface area contributed by atoms with Crippen LogP contribution in [0.1, 0.15) is 25.3 Å². The molecule has 6 nitrogen and oxygen atoms in total. The van der Waals surface area contributed by atoms with Gasteiger partial charge in [-0.1, -0.05) is 6.92 Å². The Morgan fingerprint density at radius 1 is 1.43 bits per heavy atom. The fourth-order valence-corrected chi connectivity index (χ4v) is 2.95. The van der Waals surface area contributed by atoms with E-state index < -0.39 is 0 Å². The van der Waals surface area contributed by atoms with Crippen molar-refractivity contribution in [1.82, 2.24) is 9.80 Å². The number of likely N-dealkylation sites (N-methyl/N-ethyl adjacent to an activating group) is 1. The fourth-order valence-electron chi connectivity index (χ4n) is 2.95. The minimum absolute atomic E-state index is 0.110. The third-order valence-electron chi connectivity index (χ3n) is 4.21. The number of anilines is 1. The summed E-state index contributed by atoms with van der Waals surface area (Å²) in [6.07, 6.45) is 2.18. The Bertz CT molecular complexity index is 506. The molecule has 0 bridgehead atoms. The largest absolute Gasteiger partial charge is 0.398 e. The normalized spacial score (nSPS) is 21.1. The zero-order valence-electron chi connectivity index (χ0n) is 12.8. The van der Waals surface area contributed by atoms with Crippen molar-refractivity contribution < 1.29 is 4.92 Å². The summed E-state index contributed by atoms with van der Waals surface area (Å²) in [5.74, 6) is 0. The summed E-state index contributed by atoms with van der Waals surface area (Å²) in [5, 5.41) is 10.9. The van der Waals surface area contributed by atoms with Crippen molar-refractivity contribution in [2.24, 2.45) is 0 Å². The van der Waals surface area contributed by atoms with E-state index in [0.717, 1.165) is 38.0 Å². The zero-order valence-corrected chi connectivity index (χ0v) is 12.8. The highest BCUT2D eigenvalue weighted by atomic mass is 16.6. The van der Waals surface area contributed by atoms with Gasteiger partial charge in [-0.15, -0.1) is 0 Å². The van der Waals surface area contributed by atoms with Gasteiger partial charge in [0.1, 0.15) is 0 Å². The van der Waals surface area contributed by atoms with Crippen molar-refractivity contribution in [2.75, 3.05) is 32.4 Å². The van der Waals surface area contributed by atoms with Gasteiger partial charge in [0.2, 0.25) is 0 Å². The number of rotatable bonds is 4. The summed E-state index contributed by atoms with van der Waals surface area (Å²) in [5.41, 5.74) is 7.60. The van der Waals surface area contributed by atoms with Crippen LogP contribution in [-0.4, -0.2) is 47.4 Å². The van der Waals surface area contributed by atoms with Gasteiger partial charge in [0.05, 0.1) is 4.92 Å². The lowest BCUT2D eigenvalue weighted by Crippen LogP contribution is -2.39. The van der Waals surface area contributed by atoms with Gasteiger partial charge >= 0.3 is 0 Å². The van der Waals surface area contributed by atoms with Crippen LogP contribution in [0.25, 0.3) is 0 Å². The summed E-state index contributed by atoms with van der Waals surface area (Å²) in [4.78, 5) is 15.3. The van der Waals surface area contributed by atoms with E-state index in [-0.39, 0.29) is 10.6 Å². The highest BCUT2D eigenvalue weighted by Crippen LogP contribution is 2.23. The summed E-state index contributed by atoms with van der Waals surface area (Å²) in [6, 6.07) is 5.18. The number of nitrogens with two attached hydrogens (primary N) is 1. The van der Waals surface area contributed by atoms with Crippen molar-refractivity contribution in [3.63, 3.8) is 0 Å². The Balaban J connectivity index is 2.19. The van der Waals surface area contributed by atoms with E-state index in [1.807, 2.05) is 0 Å². The number of hydrogen-bond donors (Lipinski definition) is 1. The molecule has 1 aromatic rings. The van der Waals surface area contributed by atoms with Gasteiger partial charge in [0.25, 0.3) is 5.69 Å². The van der Waals surface area contributed by atoms with E-state index in [0.29, 0.717) is 18.3 Å². The molecule has 2 rings (SSSR count). The van der Waals surface area contributed by atoms with E-state index in [4.69, 9.17) is 5.73 Å². The molecule has 1 aliphatic rings. The molecule has 1 aromatic carbocycles. The molecule has 1 unspecified atom stereocenters. The first-order valence-corrected chi connectivity index (χ1v) is 7.46. The minimum Gasteiger partial charge on any atom is -0.398 e. The third-order valence-corrected chi connectivity index (χ3v) is 4.21. The number of benzene rings is 1.